The van der Waals surface area contributed by atoms with E-state index in [1.807, 2.05) is 30.3 Å². The Morgan fingerprint density at radius 3 is 2.24 bits per heavy atom. The number of esters is 1. The van der Waals surface area contributed by atoms with Crippen molar-refractivity contribution in [2.75, 3.05) is 24.4 Å². The van der Waals surface area contributed by atoms with Crippen molar-refractivity contribution in [3.05, 3.63) is 77.8 Å². The van der Waals surface area contributed by atoms with Gasteiger partial charge in [0.25, 0.3) is 5.91 Å². The molecular weight excluding hydrogens is 460 g/mol. The first kappa shape index (κ1) is 24.6. The van der Waals surface area contributed by atoms with Crippen molar-refractivity contribution in [3.8, 4) is 17.2 Å². The first-order chi connectivity index (χ1) is 16.4. The minimum Gasteiger partial charge on any atom is -0.495 e. The predicted octanol–water partition coefficient (Wildman–Crippen LogP) is 5.04. The Hall–Kier alpha value is -4.04. The highest BCUT2D eigenvalue weighted by Crippen LogP contribution is 2.27. The number of anilines is 2. The highest BCUT2D eigenvalue weighted by atomic mass is 35.5. The minimum atomic E-state index is -0.671. The summed E-state index contributed by atoms with van der Waals surface area (Å²) in [5.74, 6) is 0.160. The zero-order valence-electron chi connectivity index (χ0n) is 18.4. The normalized spacial score (nSPS) is 10.2. The molecule has 0 saturated heterocycles. The van der Waals surface area contributed by atoms with E-state index in [1.54, 1.807) is 36.4 Å². The Labute approximate surface area is 201 Å². The molecule has 0 aliphatic carbocycles. The Kier molecular flexibility index (Phi) is 8.88. The summed E-state index contributed by atoms with van der Waals surface area (Å²) in [6.45, 7) is -0.501. The molecule has 2 amide bonds. The quantitative estimate of drug-likeness (QED) is 0.392. The van der Waals surface area contributed by atoms with E-state index in [0.29, 0.717) is 33.6 Å². The van der Waals surface area contributed by atoms with Crippen LogP contribution < -0.4 is 20.1 Å². The summed E-state index contributed by atoms with van der Waals surface area (Å²) in [4.78, 5) is 36.1. The molecule has 0 spiro atoms. The van der Waals surface area contributed by atoms with Crippen molar-refractivity contribution < 1.29 is 28.6 Å². The Balaban J connectivity index is 1.38. The summed E-state index contributed by atoms with van der Waals surface area (Å²) in [5, 5.41) is 5.67. The molecule has 0 bridgehead atoms. The van der Waals surface area contributed by atoms with Crippen LogP contribution in [-0.4, -0.2) is 31.5 Å². The third-order valence-corrected chi connectivity index (χ3v) is 4.71. The molecule has 9 heteroatoms. The third kappa shape index (κ3) is 7.83. The second kappa shape index (κ2) is 12.3. The van der Waals surface area contributed by atoms with E-state index in [2.05, 4.69) is 10.6 Å². The first-order valence-corrected chi connectivity index (χ1v) is 10.7. The van der Waals surface area contributed by atoms with E-state index in [1.165, 1.54) is 13.2 Å². The van der Waals surface area contributed by atoms with Crippen LogP contribution in [0.3, 0.4) is 0 Å². The number of halogens is 1. The number of benzene rings is 3. The number of nitrogens with one attached hydrogen (secondary N) is 2. The number of para-hydroxylation sites is 1. The van der Waals surface area contributed by atoms with Gasteiger partial charge in [-0.1, -0.05) is 29.8 Å². The number of amides is 2. The summed E-state index contributed by atoms with van der Waals surface area (Å²) >= 11 is 5.92. The molecular formula is C25H23ClN2O6. The fourth-order valence-electron chi connectivity index (χ4n) is 2.85. The molecule has 2 N–H and O–H groups in total. The summed E-state index contributed by atoms with van der Waals surface area (Å²) in [6.07, 6.45) is -0.264. The Bertz CT molecular complexity index is 1140. The number of hydrogen-bond acceptors (Lipinski definition) is 6. The SMILES string of the molecule is COc1ccc(Cl)cc1NC(=O)COC(=O)CCC(=O)Nc1ccc(Oc2ccccc2)cc1. The van der Waals surface area contributed by atoms with Gasteiger partial charge in [-0.05, 0) is 54.6 Å². The first-order valence-electron chi connectivity index (χ1n) is 10.3. The van der Waals surface area contributed by atoms with Gasteiger partial charge in [-0.25, -0.2) is 0 Å². The molecule has 0 aromatic heterocycles. The molecule has 0 saturated carbocycles. The highest BCUT2D eigenvalue weighted by Gasteiger charge is 2.13. The van der Waals surface area contributed by atoms with Crippen LogP contribution in [0.4, 0.5) is 11.4 Å². The standard InChI is InChI=1S/C25H23ClN2O6/c1-32-22-12-7-17(26)15-21(22)28-24(30)16-33-25(31)14-13-23(29)27-18-8-10-20(11-9-18)34-19-5-3-2-4-6-19/h2-12,15H,13-14,16H2,1H3,(H,27,29)(H,28,30). The van der Waals surface area contributed by atoms with Gasteiger partial charge < -0.3 is 24.8 Å². The number of carbonyl (C=O) groups is 3. The lowest BCUT2D eigenvalue weighted by Crippen LogP contribution is -2.22. The second-order valence-corrected chi connectivity index (χ2v) is 7.48. The molecule has 0 aliphatic rings. The van der Waals surface area contributed by atoms with E-state index in [9.17, 15) is 14.4 Å². The molecule has 0 fully saturated rings. The van der Waals surface area contributed by atoms with Gasteiger partial charge in [0, 0.05) is 17.1 Å². The van der Waals surface area contributed by atoms with Crippen molar-refractivity contribution in [3.63, 3.8) is 0 Å². The monoisotopic (exact) mass is 482 g/mol. The van der Waals surface area contributed by atoms with Crippen LogP contribution in [0.5, 0.6) is 17.2 Å². The summed E-state index contributed by atoms with van der Waals surface area (Å²) in [5.41, 5.74) is 0.921. The average molecular weight is 483 g/mol. The maximum Gasteiger partial charge on any atom is 0.306 e. The van der Waals surface area contributed by atoms with E-state index in [4.69, 9.17) is 25.8 Å². The molecule has 0 aliphatic heterocycles. The van der Waals surface area contributed by atoms with Crippen molar-refractivity contribution in [1.29, 1.82) is 0 Å². The van der Waals surface area contributed by atoms with E-state index in [0.717, 1.165) is 0 Å². The largest absolute Gasteiger partial charge is 0.495 e. The lowest BCUT2D eigenvalue weighted by atomic mass is 10.2. The molecule has 0 atom stereocenters. The molecule has 0 unspecified atom stereocenters. The number of methoxy groups -OCH3 is 1. The average Bonchev–Trinajstić information content (AvgIpc) is 2.83. The van der Waals surface area contributed by atoms with Crippen LogP contribution in [-0.2, 0) is 19.1 Å². The van der Waals surface area contributed by atoms with Crippen molar-refractivity contribution in [2.45, 2.75) is 12.8 Å². The fourth-order valence-corrected chi connectivity index (χ4v) is 3.02. The lowest BCUT2D eigenvalue weighted by Gasteiger charge is -2.11. The van der Waals surface area contributed by atoms with Gasteiger partial charge in [0.15, 0.2) is 6.61 Å². The van der Waals surface area contributed by atoms with Gasteiger partial charge in [0.2, 0.25) is 5.91 Å². The van der Waals surface area contributed by atoms with Gasteiger partial charge in [-0.15, -0.1) is 0 Å². The molecule has 3 rings (SSSR count). The zero-order chi connectivity index (χ0) is 24.3. The van der Waals surface area contributed by atoms with Crippen LogP contribution in [0, 0.1) is 0 Å². The number of carbonyl (C=O) groups excluding carboxylic acids is 3. The predicted molar refractivity (Wildman–Crippen MR) is 128 cm³/mol. The van der Waals surface area contributed by atoms with Crippen LogP contribution in [0.25, 0.3) is 0 Å². The molecule has 34 heavy (non-hydrogen) atoms. The topological polar surface area (TPSA) is 103 Å². The lowest BCUT2D eigenvalue weighted by molar-refractivity contribution is -0.147. The Morgan fingerprint density at radius 1 is 0.824 bits per heavy atom. The van der Waals surface area contributed by atoms with Crippen molar-refractivity contribution >= 4 is 40.8 Å². The van der Waals surface area contributed by atoms with Crippen LogP contribution in [0.1, 0.15) is 12.8 Å². The van der Waals surface area contributed by atoms with E-state index >= 15 is 0 Å². The summed E-state index contributed by atoms with van der Waals surface area (Å²) in [6, 6.07) is 20.9. The molecule has 0 radical (unpaired) electrons. The van der Waals surface area contributed by atoms with Gasteiger partial charge in [-0.3, -0.25) is 14.4 Å². The molecule has 8 nitrogen and oxygen atoms in total. The zero-order valence-corrected chi connectivity index (χ0v) is 19.1. The summed E-state index contributed by atoms with van der Waals surface area (Å²) < 4.78 is 15.8. The number of ether oxygens (including phenoxy) is 3. The number of hydrogen-bond donors (Lipinski definition) is 2. The van der Waals surface area contributed by atoms with Gasteiger partial charge in [0.05, 0.1) is 19.2 Å². The fraction of sp³-hybridized carbons (Fsp3) is 0.160. The Morgan fingerprint density at radius 2 is 1.53 bits per heavy atom. The molecule has 3 aromatic carbocycles. The smallest absolute Gasteiger partial charge is 0.306 e. The molecule has 0 heterocycles. The van der Waals surface area contributed by atoms with Crippen LogP contribution >= 0.6 is 11.6 Å². The minimum absolute atomic E-state index is 0.0924. The van der Waals surface area contributed by atoms with Crippen LogP contribution in [0.2, 0.25) is 5.02 Å². The maximum absolute atomic E-state index is 12.1. The van der Waals surface area contributed by atoms with E-state index < -0.39 is 18.5 Å². The number of rotatable bonds is 10. The highest BCUT2D eigenvalue weighted by molar-refractivity contribution is 6.31. The van der Waals surface area contributed by atoms with E-state index in [-0.39, 0.29) is 18.7 Å². The van der Waals surface area contributed by atoms with Gasteiger partial charge in [-0.2, -0.15) is 0 Å². The molecule has 3 aromatic rings. The third-order valence-electron chi connectivity index (χ3n) is 4.47. The van der Waals surface area contributed by atoms with Crippen molar-refractivity contribution in [2.24, 2.45) is 0 Å². The van der Waals surface area contributed by atoms with Crippen LogP contribution in [0.15, 0.2) is 72.8 Å². The maximum atomic E-state index is 12.1. The van der Waals surface area contributed by atoms with Gasteiger partial charge >= 0.3 is 5.97 Å². The van der Waals surface area contributed by atoms with Gasteiger partial charge in [0.1, 0.15) is 17.2 Å². The molecule has 176 valence electrons. The van der Waals surface area contributed by atoms with Crippen molar-refractivity contribution in [1.82, 2.24) is 0 Å². The summed E-state index contributed by atoms with van der Waals surface area (Å²) in [7, 11) is 1.46. The second-order valence-electron chi connectivity index (χ2n) is 7.04.